The maximum absolute atomic E-state index is 11.2. The number of aromatic hydroxyl groups is 1. The third kappa shape index (κ3) is 3.23. The molecule has 1 saturated heterocycles. The van der Waals surface area contributed by atoms with Crippen LogP contribution in [0.2, 0.25) is 0 Å². The van der Waals surface area contributed by atoms with Crippen LogP contribution in [-0.4, -0.2) is 65.2 Å². The van der Waals surface area contributed by atoms with Crippen LogP contribution in [0.1, 0.15) is 36.0 Å². The molecule has 10 nitrogen and oxygen atoms in total. The lowest BCUT2D eigenvalue weighted by molar-refractivity contribution is 0.123. The van der Waals surface area contributed by atoms with Crippen molar-refractivity contribution in [3.63, 3.8) is 0 Å². The predicted octanol–water partition coefficient (Wildman–Crippen LogP) is 1.93. The molecule has 0 unspecified atom stereocenters. The standard InChI is InChI=1S/C20H22N6O4/c1-12-19(13-8-17-22-11-15(10-21)25(17)18(28)9-13)16(4-7-27)23-26(12)14-2-5-24(6-3-14)20(29)30/h8-9,11,14,27-28H,2-7H2,1H3,(H,29,30). The van der Waals surface area contributed by atoms with Crippen molar-refractivity contribution >= 4 is 11.7 Å². The summed E-state index contributed by atoms with van der Waals surface area (Å²) in [5.74, 6) is -0.103. The van der Waals surface area contributed by atoms with Crippen LogP contribution < -0.4 is 0 Å². The highest BCUT2D eigenvalue weighted by Gasteiger charge is 2.27. The van der Waals surface area contributed by atoms with E-state index >= 15 is 0 Å². The number of aliphatic hydroxyl groups is 1. The Morgan fingerprint density at radius 2 is 2.07 bits per heavy atom. The summed E-state index contributed by atoms with van der Waals surface area (Å²) in [4.78, 5) is 16.8. The molecule has 3 aromatic heterocycles. The van der Waals surface area contributed by atoms with E-state index in [1.165, 1.54) is 15.5 Å². The lowest BCUT2D eigenvalue weighted by atomic mass is 10.0. The van der Waals surface area contributed by atoms with Crippen molar-refractivity contribution in [2.75, 3.05) is 19.7 Å². The number of aromatic nitrogens is 4. The van der Waals surface area contributed by atoms with Gasteiger partial charge in [0.1, 0.15) is 17.4 Å². The Hall–Kier alpha value is -3.58. The van der Waals surface area contributed by atoms with E-state index in [1.54, 1.807) is 12.1 Å². The van der Waals surface area contributed by atoms with Gasteiger partial charge >= 0.3 is 6.09 Å². The van der Waals surface area contributed by atoms with Crippen LogP contribution in [-0.2, 0) is 6.42 Å². The van der Waals surface area contributed by atoms with Gasteiger partial charge in [-0.2, -0.15) is 10.4 Å². The normalized spacial score (nSPS) is 14.9. The van der Waals surface area contributed by atoms with E-state index in [0.29, 0.717) is 49.3 Å². The predicted molar refractivity (Wildman–Crippen MR) is 106 cm³/mol. The molecule has 0 saturated carbocycles. The van der Waals surface area contributed by atoms with Gasteiger partial charge < -0.3 is 20.2 Å². The number of carbonyl (C=O) groups is 1. The van der Waals surface area contributed by atoms with Gasteiger partial charge in [-0.15, -0.1) is 0 Å². The van der Waals surface area contributed by atoms with Crippen LogP contribution in [0, 0.1) is 18.3 Å². The summed E-state index contributed by atoms with van der Waals surface area (Å²) in [6, 6.07) is 5.40. The highest BCUT2D eigenvalue weighted by molar-refractivity contribution is 5.73. The first-order chi connectivity index (χ1) is 14.4. The van der Waals surface area contributed by atoms with Crippen molar-refractivity contribution in [2.45, 2.75) is 32.2 Å². The third-order valence-corrected chi connectivity index (χ3v) is 5.64. The molecule has 4 heterocycles. The van der Waals surface area contributed by atoms with Gasteiger partial charge in [-0.1, -0.05) is 0 Å². The number of carboxylic acid groups (broad SMARTS) is 1. The Balaban J connectivity index is 1.76. The molecule has 4 rings (SSSR count). The van der Waals surface area contributed by atoms with Crippen molar-refractivity contribution in [2.24, 2.45) is 0 Å². The lowest BCUT2D eigenvalue weighted by Gasteiger charge is -2.30. The lowest BCUT2D eigenvalue weighted by Crippen LogP contribution is -2.38. The van der Waals surface area contributed by atoms with Gasteiger partial charge in [-0.3, -0.25) is 9.08 Å². The van der Waals surface area contributed by atoms with Crippen molar-refractivity contribution < 1.29 is 20.1 Å². The van der Waals surface area contributed by atoms with Gasteiger partial charge in [0.25, 0.3) is 0 Å². The number of fused-ring (bicyclic) bond motifs is 1. The van der Waals surface area contributed by atoms with Crippen LogP contribution in [0.15, 0.2) is 18.3 Å². The van der Waals surface area contributed by atoms with Gasteiger partial charge in [0, 0.05) is 43.4 Å². The van der Waals surface area contributed by atoms with Crippen LogP contribution in [0.4, 0.5) is 4.79 Å². The molecule has 1 aliphatic heterocycles. The first kappa shape index (κ1) is 19.7. The first-order valence-electron chi connectivity index (χ1n) is 9.72. The Bertz CT molecular complexity index is 1150. The summed E-state index contributed by atoms with van der Waals surface area (Å²) in [6.45, 7) is 2.75. The number of amides is 1. The average Bonchev–Trinajstić information content (AvgIpc) is 3.29. The Labute approximate surface area is 172 Å². The van der Waals surface area contributed by atoms with Crippen molar-refractivity contribution in [3.8, 4) is 23.1 Å². The molecule has 0 bridgehead atoms. The van der Waals surface area contributed by atoms with Gasteiger partial charge in [0.2, 0.25) is 0 Å². The van der Waals surface area contributed by atoms with E-state index in [9.17, 15) is 25.4 Å². The Morgan fingerprint density at radius 3 is 2.70 bits per heavy atom. The Morgan fingerprint density at radius 1 is 1.33 bits per heavy atom. The quantitative estimate of drug-likeness (QED) is 0.597. The highest BCUT2D eigenvalue weighted by Crippen LogP contribution is 2.35. The number of nitriles is 1. The second-order valence-electron chi connectivity index (χ2n) is 7.38. The van der Waals surface area contributed by atoms with E-state index in [2.05, 4.69) is 4.98 Å². The molecular formula is C20H22N6O4. The average molecular weight is 410 g/mol. The van der Waals surface area contributed by atoms with E-state index in [0.717, 1.165) is 11.3 Å². The molecule has 3 N–H and O–H groups in total. The number of aliphatic hydroxyl groups excluding tert-OH is 1. The number of piperidine rings is 1. The van der Waals surface area contributed by atoms with Crippen molar-refractivity contribution in [1.29, 1.82) is 5.26 Å². The molecule has 0 aromatic carbocycles. The maximum atomic E-state index is 11.2. The number of imidazole rings is 1. The van der Waals surface area contributed by atoms with Gasteiger partial charge in [0.05, 0.1) is 17.9 Å². The molecule has 1 fully saturated rings. The fraction of sp³-hybridized carbons (Fsp3) is 0.400. The number of likely N-dealkylation sites (tertiary alicyclic amines) is 1. The number of pyridine rings is 1. The number of hydrogen-bond donors (Lipinski definition) is 3. The SMILES string of the molecule is Cc1c(-c2cc(O)n3c(C#N)cnc3c2)c(CCO)nn1C1CCN(C(=O)O)CC1. The summed E-state index contributed by atoms with van der Waals surface area (Å²) < 4.78 is 3.28. The fourth-order valence-corrected chi connectivity index (χ4v) is 4.21. The zero-order valence-electron chi connectivity index (χ0n) is 16.5. The van der Waals surface area contributed by atoms with E-state index < -0.39 is 6.09 Å². The molecule has 0 spiro atoms. The molecule has 30 heavy (non-hydrogen) atoms. The monoisotopic (exact) mass is 410 g/mol. The number of hydrogen-bond acceptors (Lipinski definition) is 6. The minimum absolute atomic E-state index is 0.0562. The molecule has 0 atom stereocenters. The smallest absolute Gasteiger partial charge is 0.407 e. The number of nitrogens with zero attached hydrogens (tertiary/aromatic N) is 6. The van der Waals surface area contributed by atoms with Gasteiger partial charge in [-0.05, 0) is 31.4 Å². The molecule has 156 valence electrons. The zero-order valence-corrected chi connectivity index (χ0v) is 16.5. The van der Waals surface area contributed by atoms with Crippen LogP contribution in [0.5, 0.6) is 5.88 Å². The van der Waals surface area contributed by atoms with Crippen LogP contribution in [0.3, 0.4) is 0 Å². The first-order valence-corrected chi connectivity index (χ1v) is 9.72. The second kappa shape index (κ2) is 7.68. The van der Waals surface area contributed by atoms with Crippen molar-refractivity contribution in [1.82, 2.24) is 24.1 Å². The highest BCUT2D eigenvalue weighted by atomic mass is 16.4. The molecule has 0 aliphatic carbocycles. The molecule has 10 heteroatoms. The molecule has 3 aromatic rings. The summed E-state index contributed by atoms with van der Waals surface area (Å²) in [7, 11) is 0. The molecule has 0 radical (unpaired) electrons. The van der Waals surface area contributed by atoms with Crippen molar-refractivity contribution in [3.05, 3.63) is 35.4 Å². The van der Waals surface area contributed by atoms with E-state index in [-0.39, 0.29) is 24.2 Å². The fourth-order valence-electron chi connectivity index (χ4n) is 4.21. The summed E-state index contributed by atoms with van der Waals surface area (Å²) >= 11 is 0. The van der Waals surface area contributed by atoms with Crippen LogP contribution in [0.25, 0.3) is 16.8 Å². The minimum Gasteiger partial charge on any atom is -0.494 e. The minimum atomic E-state index is -0.910. The summed E-state index contributed by atoms with van der Waals surface area (Å²) in [5.41, 5.74) is 3.77. The molecule has 1 amide bonds. The van der Waals surface area contributed by atoms with E-state index in [1.807, 2.05) is 17.7 Å². The summed E-state index contributed by atoms with van der Waals surface area (Å²) in [5, 5.41) is 43.1. The second-order valence-corrected chi connectivity index (χ2v) is 7.38. The van der Waals surface area contributed by atoms with Gasteiger partial charge in [0.15, 0.2) is 5.88 Å². The van der Waals surface area contributed by atoms with Gasteiger partial charge in [-0.25, -0.2) is 9.78 Å². The van der Waals surface area contributed by atoms with E-state index in [4.69, 9.17) is 5.10 Å². The van der Waals surface area contributed by atoms with Crippen LogP contribution >= 0.6 is 0 Å². The largest absolute Gasteiger partial charge is 0.494 e. The third-order valence-electron chi connectivity index (χ3n) is 5.64. The molecule has 1 aliphatic rings. The summed E-state index contributed by atoms with van der Waals surface area (Å²) in [6.07, 6.45) is 2.15. The maximum Gasteiger partial charge on any atom is 0.407 e. The topological polar surface area (TPSA) is 140 Å². The number of rotatable bonds is 4. The molecular weight excluding hydrogens is 388 g/mol. The Kier molecular flexibility index (Phi) is 5.05. The zero-order chi connectivity index (χ0) is 21.4.